The molecule has 3 atom stereocenters. The first-order valence-corrected chi connectivity index (χ1v) is 8.10. The number of rotatable bonds is 6. The van der Waals surface area contributed by atoms with Crippen molar-refractivity contribution >= 4 is 5.97 Å². The first-order valence-electron chi connectivity index (χ1n) is 8.10. The minimum absolute atomic E-state index is 0.0283. The van der Waals surface area contributed by atoms with Gasteiger partial charge in [0.05, 0.1) is 6.61 Å². The van der Waals surface area contributed by atoms with Gasteiger partial charge in [-0.15, -0.1) is 0 Å². The molecule has 0 heterocycles. The lowest BCUT2D eigenvalue weighted by Crippen LogP contribution is -2.29. The molecule has 1 aromatic carbocycles. The third kappa shape index (κ3) is 4.57. The van der Waals surface area contributed by atoms with Crippen molar-refractivity contribution in [3.05, 3.63) is 35.9 Å². The Morgan fingerprint density at radius 1 is 1.33 bits per heavy atom. The van der Waals surface area contributed by atoms with Crippen molar-refractivity contribution in [2.24, 2.45) is 5.92 Å². The summed E-state index contributed by atoms with van der Waals surface area (Å²) in [7, 11) is 0. The van der Waals surface area contributed by atoms with E-state index >= 15 is 0 Å². The summed E-state index contributed by atoms with van der Waals surface area (Å²) in [5.74, 6) is -0.158. The van der Waals surface area contributed by atoms with Gasteiger partial charge in [0.2, 0.25) is 0 Å². The number of carbonyl (C=O) groups is 1. The van der Waals surface area contributed by atoms with Crippen molar-refractivity contribution in [2.45, 2.75) is 57.5 Å². The van der Waals surface area contributed by atoms with E-state index in [-0.39, 0.29) is 18.7 Å². The van der Waals surface area contributed by atoms with Crippen LogP contribution in [0.2, 0.25) is 0 Å². The lowest BCUT2D eigenvalue weighted by atomic mass is 9.84. The van der Waals surface area contributed by atoms with E-state index in [4.69, 9.17) is 4.74 Å². The Labute approximate surface area is 127 Å². The summed E-state index contributed by atoms with van der Waals surface area (Å²) >= 11 is 0. The Kier molecular flexibility index (Phi) is 6.24. The summed E-state index contributed by atoms with van der Waals surface area (Å²) in [4.78, 5) is 12.3. The van der Waals surface area contributed by atoms with Crippen LogP contribution in [0.3, 0.4) is 0 Å². The minimum atomic E-state index is -0.558. The SMILES string of the molecule is CCCC1CCCC(OC(=O)C(CO)c2ccccc2)C1. The van der Waals surface area contributed by atoms with Gasteiger partial charge in [0, 0.05) is 0 Å². The Morgan fingerprint density at radius 2 is 2.10 bits per heavy atom. The number of hydrogen-bond donors (Lipinski definition) is 1. The Hall–Kier alpha value is -1.35. The maximum atomic E-state index is 12.3. The Bertz CT molecular complexity index is 427. The van der Waals surface area contributed by atoms with E-state index in [1.807, 2.05) is 30.3 Å². The highest BCUT2D eigenvalue weighted by atomic mass is 16.5. The van der Waals surface area contributed by atoms with E-state index in [9.17, 15) is 9.90 Å². The molecule has 1 aromatic rings. The molecule has 2 rings (SSSR count). The fourth-order valence-corrected chi connectivity index (χ4v) is 3.27. The minimum Gasteiger partial charge on any atom is -0.462 e. The Balaban J connectivity index is 1.93. The molecule has 3 heteroatoms. The average molecular weight is 290 g/mol. The summed E-state index contributed by atoms with van der Waals surface area (Å²) in [5.41, 5.74) is 0.825. The standard InChI is InChI=1S/C18H26O3/c1-2-7-14-8-6-11-16(12-14)21-18(20)17(13-19)15-9-4-3-5-10-15/h3-5,9-10,14,16-17,19H,2,6-8,11-13H2,1H3. The monoisotopic (exact) mass is 290 g/mol. The van der Waals surface area contributed by atoms with Gasteiger partial charge >= 0.3 is 5.97 Å². The largest absolute Gasteiger partial charge is 0.462 e. The van der Waals surface area contributed by atoms with Gasteiger partial charge in [-0.05, 0) is 30.7 Å². The molecular weight excluding hydrogens is 264 g/mol. The first-order chi connectivity index (χ1) is 10.2. The van der Waals surface area contributed by atoms with Crippen LogP contribution in [0.15, 0.2) is 30.3 Å². The van der Waals surface area contributed by atoms with Crippen molar-refractivity contribution in [1.29, 1.82) is 0 Å². The number of hydrogen-bond acceptors (Lipinski definition) is 3. The molecule has 0 saturated heterocycles. The van der Waals surface area contributed by atoms with Crippen LogP contribution in [0.5, 0.6) is 0 Å². The van der Waals surface area contributed by atoms with Crippen LogP contribution in [0.4, 0.5) is 0 Å². The molecule has 0 aliphatic heterocycles. The van der Waals surface area contributed by atoms with Crippen LogP contribution in [-0.4, -0.2) is 23.8 Å². The second-order valence-electron chi connectivity index (χ2n) is 6.03. The number of benzene rings is 1. The molecule has 21 heavy (non-hydrogen) atoms. The highest BCUT2D eigenvalue weighted by molar-refractivity contribution is 5.78. The predicted octanol–water partition coefficient (Wildman–Crippen LogP) is 3.66. The van der Waals surface area contributed by atoms with Crippen LogP contribution >= 0.6 is 0 Å². The van der Waals surface area contributed by atoms with Gasteiger partial charge in [-0.2, -0.15) is 0 Å². The van der Waals surface area contributed by atoms with Gasteiger partial charge < -0.3 is 9.84 Å². The summed E-state index contributed by atoms with van der Waals surface area (Å²) in [6, 6.07) is 9.39. The topological polar surface area (TPSA) is 46.5 Å². The summed E-state index contributed by atoms with van der Waals surface area (Å²) in [5, 5.41) is 9.51. The quantitative estimate of drug-likeness (QED) is 0.813. The third-order valence-corrected chi connectivity index (χ3v) is 4.38. The van der Waals surface area contributed by atoms with Gasteiger partial charge in [0.1, 0.15) is 12.0 Å². The molecular formula is C18H26O3. The molecule has 0 amide bonds. The van der Waals surface area contributed by atoms with Gasteiger partial charge in [-0.3, -0.25) is 4.79 Å². The lowest BCUT2D eigenvalue weighted by molar-refractivity contribution is -0.154. The van der Waals surface area contributed by atoms with Crippen molar-refractivity contribution in [3.8, 4) is 0 Å². The zero-order chi connectivity index (χ0) is 15.1. The summed E-state index contributed by atoms with van der Waals surface area (Å²) in [6.07, 6.45) is 6.76. The maximum absolute atomic E-state index is 12.3. The lowest BCUT2D eigenvalue weighted by Gasteiger charge is -2.29. The molecule has 0 aromatic heterocycles. The van der Waals surface area contributed by atoms with Crippen molar-refractivity contribution in [3.63, 3.8) is 0 Å². The van der Waals surface area contributed by atoms with Crippen LogP contribution in [-0.2, 0) is 9.53 Å². The molecule has 0 spiro atoms. The summed E-state index contributed by atoms with van der Waals surface area (Å²) < 4.78 is 5.68. The molecule has 1 N–H and O–H groups in total. The zero-order valence-electron chi connectivity index (χ0n) is 12.8. The van der Waals surface area contributed by atoms with E-state index < -0.39 is 5.92 Å². The van der Waals surface area contributed by atoms with E-state index in [0.717, 1.165) is 24.8 Å². The van der Waals surface area contributed by atoms with E-state index in [2.05, 4.69) is 6.92 Å². The second kappa shape index (κ2) is 8.18. The van der Waals surface area contributed by atoms with Gasteiger partial charge in [-0.1, -0.05) is 56.5 Å². The normalized spacial score (nSPS) is 23.5. The third-order valence-electron chi connectivity index (χ3n) is 4.38. The van der Waals surface area contributed by atoms with E-state index in [0.29, 0.717) is 5.92 Å². The second-order valence-corrected chi connectivity index (χ2v) is 6.03. The van der Waals surface area contributed by atoms with Crippen LogP contribution in [0.1, 0.15) is 56.9 Å². The molecule has 3 nitrogen and oxygen atoms in total. The molecule has 1 fully saturated rings. The highest BCUT2D eigenvalue weighted by Crippen LogP contribution is 2.30. The van der Waals surface area contributed by atoms with Gasteiger partial charge in [0.25, 0.3) is 0 Å². The Morgan fingerprint density at radius 3 is 2.76 bits per heavy atom. The van der Waals surface area contributed by atoms with Crippen LogP contribution in [0, 0.1) is 5.92 Å². The van der Waals surface area contributed by atoms with E-state index in [1.165, 1.54) is 19.3 Å². The number of carbonyl (C=O) groups excluding carboxylic acids is 1. The van der Waals surface area contributed by atoms with Gasteiger partial charge in [-0.25, -0.2) is 0 Å². The van der Waals surface area contributed by atoms with Crippen molar-refractivity contribution in [2.75, 3.05) is 6.61 Å². The zero-order valence-corrected chi connectivity index (χ0v) is 12.8. The maximum Gasteiger partial charge on any atom is 0.316 e. The van der Waals surface area contributed by atoms with Crippen molar-refractivity contribution in [1.82, 2.24) is 0 Å². The van der Waals surface area contributed by atoms with Crippen molar-refractivity contribution < 1.29 is 14.6 Å². The smallest absolute Gasteiger partial charge is 0.316 e. The van der Waals surface area contributed by atoms with Crippen LogP contribution in [0.25, 0.3) is 0 Å². The first kappa shape index (κ1) is 16.0. The number of aliphatic hydroxyl groups is 1. The van der Waals surface area contributed by atoms with Crippen LogP contribution < -0.4 is 0 Å². The average Bonchev–Trinajstić information content (AvgIpc) is 2.50. The van der Waals surface area contributed by atoms with Gasteiger partial charge in [0.15, 0.2) is 0 Å². The molecule has 0 radical (unpaired) electrons. The molecule has 1 aliphatic carbocycles. The molecule has 116 valence electrons. The summed E-state index contributed by atoms with van der Waals surface area (Å²) in [6.45, 7) is 2.00. The predicted molar refractivity (Wildman–Crippen MR) is 83.0 cm³/mol. The molecule has 1 aliphatic rings. The number of ether oxygens (including phenoxy) is 1. The highest BCUT2D eigenvalue weighted by Gasteiger charge is 2.28. The number of aliphatic hydroxyl groups excluding tert-OH is 1. The van der Waals surface area contributed by atoms with E-state index in [1.54, 1.807) is 0 Å². The fourth-order valence-electron chi connectivity index (χ4n) is 3.27. The fraction of sp³-hybridized carbons (Fsp3) is 0.611. The number of esters is 1. The molecule has 1 saturated carbocycles. The molecule has 3 unspecified atom stereocenters. The molecule has 0 bridgehead atoms.